The average molecular weight is 309 g/mol. The molecular formula is C22H31N. The number of hydrogen-bond acceptors (Lipinski definition) is 1. The molecule has 0 radical (unpaired) electrons. The normalized spacial score (nSPS) is 37.8. The third-order valence-corrected chi connectivity index (χ3v) is 7.54. The molecule has 0 heterocycles. The van der Waals surface area contributed by atoms with Crippen LogP contribution in [0.5, 0.6) is 0 Å². The number of hydrogen-bond donors (Lipinski definition) is 1. The van der Waals surface area contributed by atoms with E-state index < -0.39 is 0 Å². The van der Waals surface area contributed by atoms with Gasteiger partial charge in [0.2, 0.25) is 0 Å². The SMILES string of the molecule is c1cc2c(cc1CNCC1C3CC4CC(C3)CC1C4)CCCC2. The van der Waals surface area contributed by atoms with Gasteiger partial charge in [-0.05, 0) is 111 Å². The number of nitrogens with one attached hydrogen (secondary N) is 1. The molecule has 0 unspecified atom stereocenters. The summed E-state index contributed by atoms with van der Waals surface area (Å²) in [6.07, 6.45) is 13.2. The molecule has 6 rings (SSSR count). The smallest absolute Gasteiger partial charge is 0.0205 e. The Bertz CT molecular complexity index is 547. The number of fused-ring (bicyclic) bond motifs is 1. The zero-order valence-electron chi connectivity index (χ0n) is 14.4. The maximum atomic E-state index is 3.84. The minimum Gasteiger partial charge on any atom is -0.312 e. The molecule has 1 aromatic rings. The summed E-state index contributed by atoms with van der Waals surface area (Å²) in [7, 11) is 0. The Hall–Kier alpha value is -0.820. The Balaban J connectivity index is 1.19. The van der Waals surface area contributed by atoms with E-state index in [-0.39, 0.29) is 0 Å². The minimum absolute atomic E-state index is 0.987. The molecule has 23 heavy (non-hydrogen) atoms. The average Bonchev–Trinajstić information content (AvgIpc) is 2.56. The van der Waals surface area contributed by atoms with E-state index in [0.29, 0.717) is 0 Å². The summed E-state index contributed by atoms with van der Waals surface area (Å²) in [4.78, 5) is 0. The predicted octanol–water partition coefficient (Wildman–Crippen LogP) is 4.73. The van der Waals surface area contributed by atoms with Crippen molar-refractivity contribution in [2.75, 3.05) is 6.54 Å². The molecule has 0 aromatic heterocycles. The maximum absolute atomic E-state index is 3.84. The highest BCUT2D eigenvalue weighted by atomic mass is 14.9. The van der Waals surface area contributed by atoms with Gasteiger partial charge in [0.05, 0.1) is 0 Å². The van der Waals surface area contributed by atoms with Crippen molar-refractivity contribution in [3.63, 3.8) is 0 Å². The van der Waals surface area contributed by atoms with Gasteiger partial charge in [0, 0.05) is 6.54 Å². The molecule has 1 N–H and O–H groups in total. The largest absolute Gasteiger partial charge is 0.312 e. The summed E-state index contributed by atoms with van der Waals surface area (Å²) in [5, 5.41) is 3.84. The second-order valence-electron chi connectivity index (χ2n) is 9.04. The second kappa shape index (κ2) is 5.92. The first-order valence-corrected chi connectivity index (χ1v) is 10.2. The van der Waals surface area contributed by atoms with E-state index in [0.717, 1.165) is 36.1 Å². The molecule has 4 fully saturated rings. The molecule has 1 nitrogen and oxygen atoms in total. The van der Waals surface area contributed by atoms with Gasteiger partial charge in [0.1, 0.15) is 0 Å². The van der Waals surface area contributed by atoms with Crippen molar-refractivity contribution in [1.82, 2.24) is 5.32 Å². The third kappa shape index (κ3) is 2.76. The molecule has 4 saturated carbocycles. The lowest BCUT2D eigenvalue weighted by atomic mass is 9.52. The van der Waals surface area contributed by atoms with Gasteiger partial charge in [-0.3, -0.25) is 0 Å². The van der Waals surface area contributed by atoms with Crippen LogP contribution in [-0.4, -0.2) is 6.54 Å². The monoisotopic (exact) mass is 309 g/mol. The van der Waals surface area contributed by atoms with Crippen LogP contribution in [0, 0.1) is 29.6 Å². The first kappa shape index (κ1) is 14.5. The highest BCUT2D eigenvalue weighted by Crippen LogP contribution is 2.56. The topological polar surface area (TPSA) is 12.0 Å². The van der Waals surface area contributed by atoms with Crippen LogP contribution >= 0.6 is 0 Å². The zero-order chi connectivity index (χ0) is 15.2. The van der Waals surface area contributed by atoms with Crippen molar-refractivity contribution in [2.45, 2.75) is 64.3 Å². The van der Waals surface area contributed by atoms with Crippen LogP contribution < -0.4 is 5.32 Å². The van der Waals surface area contributed by atoms with Gasteiger partial charge in [-0.2, -0.15) is 0 Å². The van der Waals surface area contributed by atoms with E-state index >= 15 is 0 Å². The molecule has 5 aliphatic carbocycles. The van der Waals surface area contributed by atoms with Gasteiger partial charge in [0.15, 0.2) is 0 Å². The lowest BCUT2D eigenvalue weighted by Crippen LogP contribution is -2.48. The van der Waals surface area contributed by atoms with E-state index in [9.17, 15) is 0 Å². The van der Waals surface area contributed by atoms with Gasteiger partial charge in [-0.1, -0.05) is 18.2 Å². The standard InChI is InChI=1S/C22H31N/c1-2-4-19-8-15(5-6-18(19)3-1)13-23-14-22-20-9-16-7-17(11-20)12-21(22)10-16/h5-6,8,16-17,20-23H,1-4,7,9-14H2. The fourth-order valence-corrected chi connectivity index (χ4v) is 6.65. The van der Waals surface area contributed by atoms with Gasteiger partial charge in [-0.25, -0.2) is 0 Å². The highest BCUT2D eigenvalue weighted by Gasteiger charge is 2.47. The van der Waals surface area contributed by atoms with Crippen molar-refractivity contribution in [3.05, 3.63) is 34.9 Å². The lowest BCUT2D eigenvalue weighted by Gasteiger charge is -2.54. The lowest BCUT2D eigenvalue weighted by molar-refractivity contribution is -0.0355. The summed E-state index contributed by atoms with van der Waals surface area (Å²) >= 11 is 0. The van der Waals surface area contributed by atoms with Gasteiger partial charge in [0.25, 0.3) is 0 Å². The summed E-state index contributed by atoms with van der Waals surface area (Å²) in [6, 6.07) is 7.25. The fraction of sp³-hybridized carbons (Fsp3) is 0.727. The van der Waals surface area contributed by atoms with Gasteiger partial charge >= 0.3 is 0 Å². The molecule has 0 atom stereocenters. The van der Waals surface area contributed by atoms with Crippen LogP contribution in [-0.2, 0) is 19.4 Å². The number of aryl methyl sites for hydroxylation is 2. The van der Waals surface area contributed by atoms with Crippen LogP contribution in [0.3, 0.4) is 0 Å². The van der Waals surface area contributed by atoms with Crippen LogP contribution in [0.1, 0.15) is 61.6 Å². The molecule has 1 heteroatoms. The van der Waals surface area contributed by atoms with E-state index in [1.165, 1.54) is 37.8 Å². The van der Waals surface area contributed by atoms with Crippen LogP contribution in [0.15, 0.2) is 18.2 Å². The van der Waals surface area contributed by atoms with E-state index in [2.05, 4.69) is 23.5 Å². The van der Waals surface area contributed by atoms with Crippen molar-refractivity contribution in [1.29, 1.82) is 0 Å². The molecule has 0 amide bonds. The summed E-state index contributed by atoms with van der Waals surface area (Å²) in [6.45, 7) is 2.35. The first-order valence-electron chi connectivity index (χ1n) is 10.2. The Morgan fingerprint density at radius 3 is 2.26 bits per heavy atom. The highest BCUT2D eigenvalue weighted by molar-refractivity contribution is 5.33. The molecule has 5 aliphatic rings. The summed E-state index contributed by atoms with van der Waals surface area (Å²) in [5.74, 6) is 5.31. The zero-order valence-corrected chi connectivity index (χ0v) is 14.4. The van der Waals surface area contributed by atoms with Crippen molar-refractivity contribution < 1.29 is 0 Å². The molecule has 0 aliphatic heterocycles. The second-order valence-corrected chi connectivity index (χ2v) is 9.04. The Labute approximate surface area is 141 Å². The maximum Gasteiger partial charge on any atom is 0.0205 e. The van der Waals surface area contributed by atoms with Crippen LogP contribution in [0.4, 0.5) is 0 Å². The van der Waals surface area contributed by atoms with Crippen molar-refractivity contribution >= 4 is 0 Å². The quantitative estimate of drug-likeness (QED) is 0.848. The van der Waals surface area contributed by atoms with Crippen LogP contribution in [0.25, 0.3) is 0 Å². The van der Waals surface area contributed by atoms with Crippen molar-refractivity contribution in [3.8, 4) is 0 Å². The molecular weight excluding hydrogens is 278 g/mol. The van der Waals surface area contributed by atoms with E-state index in [1.807, 2.05) is 0 Å². The first-order chi connectivity index (χ1) is 11.3. The molecule has 0 spiro atoms. The van der Waals surface area contributed by atoms with Gasteiger partial charge < -0.3 is 5.32 Å². The Morgan fingerprint density at radius 2 is 1.52 bits per heavy atom. The van der Waals surface area contributed by atoms with Crippen LogP contribution in [0.2, 0.25) is 0 Å². The summed E-state index contributed by atoms with van der Waals surface area (Å²) < 4.78 is 0. The minimum atomic E-state index is 0.987. The number of rotatable bonds is 4. The van der Waals surface area contributed by atoms with Gasteiger partial charge in [-0.15, -0.1) is 0 Å². The van der Waals surface area contributed by atoms with E-state index in [4.69, 9.17) is 0 Å². The number of benzene rings is 1. The molecule has 4 bridgehead atoms. The van der Waals surface area contributed by atoms with Crippen molar-refractivity contribution in [2.24, 2.45) is 29.6 Å². The fourth-order valence-electron chi connectivity index (χ4n) is 6.65. The predicted molar refractivity (Wildman–Crippen MR) is 95.3 cm³/mol. The Kier molecular flexibility index (Phi) is 3.73. The Morgan fingerprint density at radius 1 is 0.826 bits per heavy atom. The molecule has 124 valence electrons. The molecule has 1 aromatic carbocycles. The van der Waals surface area contributed by atoms with E-state index in [1.54, 1.807) is 43.2 Å². The summed E-state index contributed by atoms with van der Waals surface area (Å²) in [5.41, 5.74) is 4.75. The molecule has 0 saturated heterocycles. The third-order valence-electron chi connectivity index (χ3n) is 7.54.